The van der Waals surface area contributed by atoms with Gasteiger partial charge in [-0.2, -0.15) is 5.10 Å². The maximum absolute atomic E-state index is 3.99. The molecule has 1 N–H and O–H groups in total. The Morgan fingerprint density at radius 2 is 2.21 bits per heavy atom. The van der Waals surface area contributed by atoms with E-state index in [9.17, 15) is 0 Å². The van der Waals surface area contributed by atoms with E-state index in [4.69, 9.17) is 0 Å². The number of anilines is 1. The minimum absolute atomic E-state index is 0.484. The average molecular weight is 194 g/mol. The molecule has 1 heterocycles. The van der Waals surface area contributed by atoms with Crippen molar-refractivity contribution in [2.45, 2.75) is 19.9 Å². The van der Waals surface area contributed by atoms with Gasteiger partial charge in [0.05, 0.1) is 6.20 Å². The van der Waals surface area contributed by atoms with Crippen LogP contribution in [-0.4, -0.2) is 41.8 Å². The minimum atomic E-state index is 0.484. The van der Waals surface area contributed by atoms with Crippen LogP contribution in [0.25, 0.3) is 0 Å². The number of rotatable bonds is 4. The molecule has 0 aromatic carbocycles. The lowest BCUT2D eigenvalue weighted by Gasteiger charge is -2.20. The van der Waals surface area contributed by atoms with E-state index in [1.807, 2.05) is 13.0 Å². The Bertz CT molecular complexity index is 285. The molecule has 0 aliphatic rings. The van der Waals surface area contributed by atoms with E-state index in [1.165, 1.54) is 0 Å². The number of likely N-dealkylation sites (N-methyl/N-ethyl adjacent to an activating group) is 1. The molecule has 0 fully saturated rings. The summed E-state index contributed by atoms with van der Waals surface area (Å²) >= 11 is 0. The van der Waals surface area contributed by atoms with Crippen molar-refractivity contribution in [3.63, 3.8) is 0 Å². The van der Waals surface area contributed by atoms with Gasteiger partial charge in [0.1, 0.15) is 5.82 Å². The maximum atomic E-state index is 3.99. The molecule has 1 unspecified atom stereocenters. The number of nitrogens with zero attached hydrogens (tertiary/aromatic N) is 3. The van der Waals surface area contributed by atoms with Crippen LogP contribution in [0, 0.1) is 6.92 Å². The van der Waals surface area contributed by atoms with Gasteiger partial charge in [0, 0.05) is 12.6 Å². The van der Waals surface area contributed by atoms with E-state index in [1.54, 1.807) is 6.20 Å². The Kier molecular flexibility index (Phi) is 3.83. The molecule has 1 rings (SSSR count). The summed E-state index contributed by atoms with van der Waals surface area (Å²) in [7, 11) is 4.13. The fourth-order valence-electron chi connectivity index (χ4n) is 0.985. The van der Waals surface area contributed by atoms with Gasteiger partial charge in [-0.15, -0.1) is 5.10 Å². The summed E-state index contributed by atoms with van der Waals surface area (Å²) in [5, 5.41) is 11.1. The first kappa shape index (κ1) is 10.9. The van der Waals surface area contributed by atoms with Gasteiger partial charge in [0.15, 0.2) is 0 Å². The first-order valence-electron chi connectivity index (χ1n) is 4.79. The molecule has 0 amide bonds. The highest BCUT2D eigenvalue weighted by molar-refractivity contribution is 5.35. The van der Waals surface area contributed by atoms with Crippen LogP contribution in [0.1, 0.15) is 12.5 Å². The molecule has 0 spiro atoms. The fraction of sp³-hybridized carbons (Fsp3) is 0.600. The first-order valence-corrected chi connectivity index (χ1v) is 4.79. The quantitative estimate of drug-likeness (QED) is 0.780. The van der Waals surface area contributed by atoms with Gasteiger partial charge in [0.2, 0.25) is 0 Å². The predicted octanol–water partition coefficient (Wildman–Crippen LogP) is 1.15. The van der Waals surface area contributed by atoms with Gasteiger partial charge in [-0.05, 0) is 39.6 Å². The Hall–Kier alpha value is -1.16. The Balaban J connectivity index is 2.45. The summed E-state index contributed by atoms with van der Waals surface area (Å²) in [5.74, 6) is 0.846. The van der Waals surface area contributed by atoms with E-state index in [-0.39, 0.29) is 0 Å². The number of hydrogen-bond donors (Lipinski definition) is 1. The van der Waals surface area contributed by atoms with Crippen molar-refractivity contribution in [2.24, 2.45) is 0 Å². The molecule has 0 aliphatic heterocycles. The SMILES string of the molecule is Cc1cnnc(NCC(C)N(C)C)c1. The van der Waals surface area contributed by atoms with Crippen molar-refractivity contribution in [1.82, 2.24) is 15.1 Å². The molecular formula is C10H18N4. The lowest BCUT2D eigenvalue weighted by Crippen LogP contribution is -2.31. The highest BCUT2D eigenvalue weighted by Gasteiger charge is 2.04. The van der Waals surface area contributed by atoms with Crippen LogP contribution < -0.4 is 5.32 Å². The third-order valence-electron chi connectivity index (χ3n) is 2.25. The second-order valence-electron chi connectivity index (χ2n) is 3.81. The Morgan fingerprint density at radius 1 is 1.50 bits per heavy atom. The second-order valence-corrected chi connectivity index (χ2v) is 3.81. The van der Waals surface area contributed by atoms with Crippen LogP contribution in [0.15, 0.2) is 12.3 Å². The molecule has 0 saturated heterocycles. The summed E-state index contributed by atoms with van der Waals surface area (Å²) in [6.07, 6.45) is 1.75. The van der Waals surface area contributed by atoms with E-state index in [0.717, 1.165) is 17.9 Å². The molecule has 0 saturated carbocycles. The van der Waals surface area contributed by atoms with Crippen LogP contribution in [0.2, 0.25) is 0 Å². The van der Waals surface area contributed by atoms with E-state index in [0.29, 0.717) is 6.04 Å². The molecule has 78 valence electrons. The molecule has 1 aromatic rings. The molecular weight excluding hydrogens is 176 g/mol. The predicted molar refractivity (Wildman–Crippen MR) is 58.4 cm³/mol. The highest BCUT2D eigenvalue weighted by atomic mass is 15.2. The Labute approximate surface area is 85.3 Å². The summed E-state index contributed by atoms with van der Waals surface area (Å²) in [4.78, 5) is 2.16. The van der Waals surface area contributed by atoms with Crippen LogP contribution >= 0.6 is 0 Å². The summed E-state index contributed by atoms with van der Waals surface area (Å²) in [6.45, 7) is 5.05. The van der Waals surface area contributed by atoms with Gasteiger partial charge in [0.25, 0.3) is 0 Å². The van der Waals surface area contributed by atoms with Crippen molar-refractivity contribution in [2.75, 3.05) is 26.0 Å². The van der Waals surface area contributed by atoms with Crippen molar-refractivity contribution < 1.29 is 0 Å². The summed E-state index contributed by atoms with van der Waals surface area (Å²) in [6, 6.07) is 2.48. The smallest absolute Gasteiger partial charge is 0.148 e. The zero-order valence-corrected chi connectivity index (χ0v) is 9.28. The van der Waals surface area contributed by atoms with E-state index >= 15 is 0 Å². The van der Waals surface area contributed by atoms with Crippen molar-refractivity contribution in [3.05, 3.63) is 17.8 Å². The van der Waals surface area contributed by atoms with E-state index < -0.39 is 0 Å². The van der Waals surface area contributed by atoms with Gasteiger partial charge >= 0.3 is 0 Å². The lowest BCUT2D eigenvalue weighted by atomic mass is 10.3. The summed E-state index contributed by atoms with van der Waals surface area (Å²) in [5.41, 5.74) is 1.13. The normalized spacial score (nSPS) is 12.9. The monoisotopic (exact) mass is 194 g/mol. The molecule has 0 aliphatic carbocycles. The lowest BCUT2D eigenvalue weighted by molar-refractivity contribution is 0.326. The van der Waals surface area contributed by atoms with Crippen molar-refractivity contribution in [3.8, 4) is 0 Å². The molecule has 0 bridgehead atoms. The van der Waals surface area contributed by atoms with Crippen molar-refractivity contribution >= 4 is 5.82 Å². The first-order chi connectivity index (χ1) is 6.59. The summed E-state index contributed by atoms with van der Waals surface area (Å²) < 4.78 is 0. The van der Waals surface area contributed by atoms with Gasteiger partial charge < -0.3 is 10.2 Å². The number of aromatic nitrogens is 2. The van der Waals surface area contributed by atoms with E-state index in [2.05, 4.69) is 41.4 Å². The third kappa shape index (κ3) is 3.30. The third-order valence-corrected chi connectivity index (χ3v) is 2.25. The zero-order chi connectivity index (χ0) is 10.6. The standard InChI is InChI=1S/C10H18N4/c1-8-5-10(13-12-6-8)11-7-9(2)14(3)4/h5-6,9H,7H2,1-4H3,(H,11,13). The number of nitrogens with one attached hydrogen (secondary N) is 1. The van der Waals surface area contributed by atoms with Crippen LogP contribution in [0.3, 0.4) is 0 Å². The molecule has 14 heavy (non-hydrogen) atoms. The molecule has 1 aromatic heterocycles. The molecule has 4 nitrogen and oxygen atoms in total. The number of aryl methyl sites for hydroxylation is 1. The number of hydrogen-bond acceptors (Lipinski definition) is 4. The Morgan fingerprint density at radius 3 is 2.79 bits per heavy atom. The molecule has 0 radical (unpaired) electrons. The van der Waals surface area contributed by atoms with Crippen LogP contribution in [0.5, 0.6) is 0 Å². The second kappa shape index (κ2) is 4.91. The van der Waals surface area contributed by atoms with Gasteiger partial charge in [-0.1, -0.05) is 0 Å². The topological polar surface area (TPSA) is 41.1 Å². The average Bonchev–Trinajstić information content (AvgIpc) is 2.14. The largest absolute Gasteiger partial charge is 0.367 e. The fourth-order valence-corrected chi connectivity index (χ4v) is 0.985. The van der Waals surface area contributed by atoms with Crippen molar-refractivity contribution in [1.29, 1.82) is 0 Å². The zero-order valence-electron chi connectivity index (χ0n) is 9.28. The minimum Gasteiger partial charge on any atom is -0.367 e. The van der Waals surface area contributed by atoms with Gasteiger partial charge in [-0.3, -0.25) is 0 Å². The molecule has 4 heteroatoms. The molecule has 1 atom stereocenters. The van der Waals surface area contributed by atoms with Gasteiger partial charge in [-0.25, -0.2) is 0 Å². The van der Waals surface area contributed by atoms with Crippen LogP contribution in [0.4, 0.5) is 5.82 Å². The maximum Gasteiger partial charge on any atom is 0.148 e. The van der Waals surface area contributed by atoms with Crippen LogP contribution in [-0.2, 0) is 0 Å². The highest BCUT2D eigenvalue weighted by Crippen LogP contribution is 2.03.